The lowest BCUT2D eigenvalue weighted by atomic mass is 10.0. The lowest BCUT2D eigenvalue weighted by molar-refractivity contribution is 0.0303. The quantitative estimate of drug-likeness (QED) is 0.916. The molecule has 26 heavy (non-hydrogen) atoms. The van der Waals surface area contributed by atoms with Crippen LogP contribution in [0.5, 0.6) is 0 Å². The van der Waals surface area contributed by atoms with Gasteiger partial charge in [0.2, 0.25) is 0 Å². The molecule has 5 nitrogen and oxygen atoms in total. The maximum absolute atomic E-state index is 12.4. The number of morpholine rings is 1. The Kier molecular flexibility index (Phi) is 5.68. The van der Waals surface area contributed by atoms with Crippen LogP contribution >= 0.6 is 0 Å². The summed E-state index contributed by atoms with van der Waals surface area (Å²) in [5.74, 6) is 0.270. The van der Waals surface area contributed by atoms with Gasteiger partial charge in [-0.2, -0.15) is 0 Å². The molecular weight excluding hydrogens is 328 g/mol. The molecular formula is C21H24N2O3. The van der Waals surface area contributed by atoms with Crippen LogP contribution in [-0.2, 0) is 4.74 Å². The summed E-state index contributed by atoms with van der Waals surface area (Å²) in [6, 6.07) is 14.6. The second-order valence-electron chi connectivity index (χ2n) is 6.71. The Morgan fingerprint density at radius 1 is 0.923 bits per heavy atom. The van der Waals surface area contributed by atoms with Gasteiger partial charge in [0.05, 0.1) is 13.2 Å². The molecule has 5 heteroatoms. The number of hydrogen-bond donors (Lipinski definition) is 1. The largest absolute Gasteiger partial charge is 0.378 e. The lowest BCUT2D eigenvalue weighted by Crippen LogP contribution is -2.40. The van der Waals surface area contributed by atoms with E-state index in [1.54, 1.807) is 29.2 Å². The van der Waals surface area contributed by atoms with E-state index >= 15 is 0 Å². The van der Waals surface area contributed by atoms with Crippen LogP contribution in [-0.4, -0.2) is 43.0 Å². The van der Waals surface area contributed by atoms with E-state index in [9.17, 15) is 9.59 Å². The molecule has 1 N–H and O–H groups in total. The van der Waals surface area contributed by atoms with E-state index in [4.69, 9.17) is 4.74 Å². The van der Waals surface area contributed by atoms with E-state index in [2.05, 4.69) is 19.2 Å². The highest BCUT2D eigenvalue weighted by Gasteiger charge is 2.18. The van der Waals surface area contributed by atoms with E-state index in [-0.39, 0.29) is 11.8 Å². The predicted molar refractivity (Wildman–Crippen MR) is 102 cm³/mol. The van der Waals surface area contributed by atoms with Gasteiger partial charge in [0.25, 0.3) is 11.8 Å². The fraction of sp³-hybridized carbons (Fsp3) is 0.333. The minimum Gasteiger partial charge on any atom is -0.378 e. The minimum absolute atomic E-state index is 0.00421. The van der Waals surface area contributed by atoms with Gasteiger partial charge in [-0.05, 0) is 47.9 Å². The fourth-order valence-electron chi connectivity index (χ4n) is 2.87. The third-order valence-corrected chi connectivity index (χ3v) is 4.53. The second kappa shape index (κ2) is 8.15. The highest BCUT2D eigenvalue weighted by Crippen LogP contribution is 2.17. The molecule has 1 aliphatic rings. The summed E-state index contributed by atoms with van der Waals surface area (Å²) in [5.41, 5.74) is 3.10. The maximum atomic E-state index is 12.4. The van der Waals surface area contributed by atoms with Gasteiger partial charge >= 0.3 is 0 Å². The molecule has 1 saturated heterocycles. The van der Waals surface area contributed by atoms with E-state index in [1.807, 2.05) is 24.3 Å². The van der Waals surface area contributed by atoms with Gasteiger partial charge in [-0.15, -0.1) is 0 Å². The number of anilines is 1. The number of nitrogens with zero attached hydrogens (tertiary/aromatic N) is 1. The van der Waals surface area contributed by atoms with Crippen molar-refractivity contribution in [2.24, 2.45) is 0 Å². The first-order valence-electron chi connectivity index (χ1n) is 8.93. The Bertz CT molecular complexity index is 761. The van der Waals surface area contributed by atoms with Gasteiger partial charge < -0.3 is 15.0 Å². The molecule has 0 radical (unpaired) electrons. The van der Waals surface area contributed by atoms with Gasteiger partial charge in [0.1, 0.15) is 0 Å². The predicted octanol–water partition coefficient (Wildman–Crippen LogP) is 3.53. The number of ether oxygens (including phenoxy) is 1. The molecule has 2 aromatic carbocycles. The van der Waals surface area contributed by atoms with Crippen molar-refractivity contribution in [1.29, 1.82) is 0 Å². The Balaban J connectivity index is 1.63. The SMILES string of the molecule is CC(C)c1ccc(C(=O)Nc2ccc(C(=O)N3CCOCC3)cc2)cc1. The zero-order valence-electron chi connectivity index (χ0n) is 15.2. The van der Waals surface area contributed by atoms with Gasteiger partial charge in [-0.1, -0.05) is 26.0 Å². The maximum Gasteiger partial charge on any atom is 0.255 e. The molecule has 0 atom stereocenters. The monoisotopic (exact) mass is 352 g/mol. The molecule has 2 aromatic rings. The highest BCUT2D eigenvalue weighted by molar-refractivity contribution is 6.04. The summed E-state index contributed by atoms with van der Waals surface area (Å²) >= 11 is 0. The third-order valence-electron chi connectivity index (χ3n) is 4.53. The molecule has 1 aliphatic heterocycles. The van der Waals surface area contributed by atoms with Crippen LogP contribution in [0.4, 0.5) is 5.69 Å². The summed E-state index contributed by atoms with van der Waals surface area (Å²) in [5, 5.41) is 2.87. The number of rotatable bonds is 4. The van der Waals surface area contributed by atoms with Gasteiger partial charge in [0, 0.05) is 29.9 Å². The van der Waals surface area contributed by atoms with E-state index < -0.39 is 0 Å². The Morgan fingerprint density at radius 3 is 2.08 bits per heavy atom. The molecule has 0 spiro atoms. The number of amides is 2. The average Bonchev–Trinajstić information content (AvgIpc) is 2.68. The normalized spacial score (nSPS) is 14.3. The third kappa shape index (κ3) is 4.29. The smallest absolute Gasteiger partial charge is 0.255 e. The Morgan fingerprint density at radius 2 is 1.50 bits per heavy atom. The Hall–Kier alpha value is -2.66. The van der Waals surface area contributed by atoms with Crippen molar-refractivity contribution in [3.05, 3.63) is 65.2 Å². The first kappa shape index (κ1) is 18.1. The zero-order chi connectivity index (χ0) is 18.5. The minimum atomic E-state index is -0.160. The molecule has 136 valence electrons. The van der Waals surface area contributed by atoms with Crippen LogP contribution in [0.1, 0.15) is 46.0 Å². The van der Waals surface area contributed by atoms with Crippen molar-refractivity contribution in [2.45, 2.75) is 19.8 Å². The van der Waals surface area contributed by atoms with Crippen LogP contribution in [0.25, 0.3) is 0 Å². The second-order valence-corrected chi connectivity index (χ2v) is 6.71. The van der Waals surface area contributed by atoms with E-state index in [1.165, 1.54) is 5.56 Å². The topological polar surface area (TPSA) is 58.6 Å². The number of hydrogen-bond acceptors (Lipinski definition) is 3. The van der Waals surface area contributed by atoms with E-state index in [0.717, 1.165) is 0 Å². The molecule has 0 saturated carbocycles. The lowest BCUT2D eigenvalue weighted by Gasteiger charge is -2.26. The highest BCUT2D eigenvalue weighted by atomic mass is 16.5. The Labute approximate surface area is 154 Å². The van der Waals surface area contributed by atoms with Crippen molar-refractivity contribution in [2.75, 3.05) is 31.6 Å². The van der Waals surface area contributed by atoms with Gasteiger partial charge in [-0.3, -0.25) is 9.59 Å². The van der Waals surface area contributed by atoms with Crippen molar-refractivity contribution >= 4 is 17.5 Å². The van der Waals surface area contributed by atoms with Crippen LogP contribution < -0.4 is 5.32 Å². The van der Waals surface area contributed by atoms with Crippen LogP contribution in [0, 0.1) is 0 Å². The van der Waals surface area contributed by atoms with Crippen LogP contribution in [0.15, 0.2) is 48.5 Å². The summed E-state index contributed by atoms with van der Waals surface area (Å²) in [6.45, 7) is 6.63. The van der Waals surface area contributed by atoms with Crippen LogP contribution in [0.3, 0.4) is 0 Å². The van der Waals surface area contributed by atoms with Crippen molar-refractivity contribution in [3.8, 4) is 0 Å². The zero-order valence-corrected chi connectivity index (χ0v) is 15.2. The molecule has 3 rings (SSSR count). The first-order chi connectivity index (χ1) is 12.5. The number of carbonyl (C=O) groups excluding carboxylic acids is 2. The summed E-state index contributed by atoms with van der Waals surface area (Å²) < 4.78 is 5.27. The number of nitrogens with one attached hydrogen (secondary N) is 1. The summed E-state index contributed by atoms with van der Waals surface area (Å²) in [7, 11) is 0. The molecule has 0 aliphatic carbocycles. The molecule has 0 bridgehead atoms. The average molecular weight is 352 g/mol. The van der Waals surface area contributed by atoms with Crippen LogP contribution in [0.2, 0.25) is 0 Å². The van der Waals surface area contributed by atoms with Crippen molar-refractivity contribution in [3.63, 3.8) is 0 Å². The summed E-state index contributed by atoms with van der Waals surface area (Å²) in [6.07, 6.45) is 0. The molecule has 1 fully saturated rings. The first-order valence-corrected chi connectivity index (χ1v) is 8.93. The molecule has 1 heterocycles. The number of carbonyl (C=O) groups is 2. The molecule has 2 amide bonds. The fourth-order valence-corrected chi connectivity index (χ4v) is 2.87. The van der Waals surface area contributed by atoms with Gasteiger partial charge in [-0.25, -0.2) is 0 Å². The molecule has 0 aromatic heterocycles. The molecule has 0 unspecified atom stereocenters. The summed E-state index contributed by atoms with van der Waals surface area (Å²) in [4.78, 5) is 26.6. The van der Waals surface area contributed by atoms with Gasteiger partial charge in [0.15, 0.2) is 0 Å². The standard InChI is InChI=1S/C21H24N2O3/c1-15(2)16-3-5-17(6-4-16)20(24)22-19-9-7-18(8-10-19)21(25)23-11-13-26-14-12-23/h3-10,15H,11-14H2,1-2H3,(H,22,24). The number of benzene rings is 2. The van der Waals surface area contributed by atoms with E-state index in [0.29, 0.717) is 49.0 Å². The van der Waals surface area contributed by atoms with Crippen molar-refractivity contribution < 1.29 is 14.3 Å². The van der Waals surface area contributed by atoms with Crippen molar-refractivity contribution in [1.82, 2.24) is 4.90 Å².